The molecule has 0 saturated heterocycles. The predicted molar refractivity (Wildman–Crippen MR) is 123 cm³/mol. The molecule has 0 aliphatic carbocycles. The highest BCUT2D eigenvalue weighted by Crippen LogP contribution is 2.22. The lowest BCUT2D eigenvalue weighted by Crippen LogP contribution is -2.23. The molecule has 7 nitrogen and oxygen atoms in total. The normalized spacial score (nSPS) is 11.0. The number of hydrogen-bond donors (Lipinski definition) is 2. The van der Waals surface area contributed by atoms with Gasteiger partial charge in [0.1, 0.15) is 11.3 Å². The summed E-state index contributed by atoms with van der Waals surface area (Å²) in [5.41, 5.74) is 2.56. The molecule has 1 amide bonds. The van der Waals surface area contributed by atoms with Crippen molar-refractivity contribution in [3.05, 3.63) is 101 Å². The number of carbonyl (C=O) groups excluding carboxylic acids is 1. The van der Waals surface area contributed by atoms with E-state index in [4.69, 9.17) is 4.74 Å². The number of carbonyl (C=O) groups is 1. The lowest BCUT2D eigenvalue weighted by atomic mass is 10.1. The zero-order valence-corrected chi connectivity index (χ0v) is 17.3. The number of aromatic amines is 1. The van der Waals surface area contributed by atoms with E-state index in [-0.39, 0.29) is 17.2 Å². The van der Waals surface area contributed by atoms with E-state index in [9.17, 15) is 9.59 Å². The maximum Gasteiger partial charge on any atom is 0.274 e. The van der Waals surface area contributed by atoms with Gasteiger partial charge in [-0.15, -0.1) is 0 Å². The van der Waals surface area contributed by atoms with Gasteiger partial charge in [-0.25, -0.2) is 4.52 Å². The highest BCUT2D eigenvalue weighted by molar-refractivity contribution is 5.93. The molecule has 5 aromatic rings. The monoisotopic (exact) mass is 424 g/mol. The van der Waals surface area contributed by atoms with Crippen molar-refractivity contribution in [2.75, 3.05) is 7.11 Å². The summed E-state index contributed by atoms with van der Waals surface area (Å²) in [5, 5.41) is 9.35. The molecule has 3 aromatic carbocycles. The fourth-order valence-corrected chi connectivity index (χ4v) is 3.67. The van der Waals surface area contributed by atoms with Gasteiger partial charge >= 0.3 is 0 Å². The first kappa shape index (κ1) is 19.6. The average Bonchev–Trinajstić information content (AvgIpc) is 3.27. The van der Waals surface area contributed by atoms with Crippen molar-refractivity contribution in [2.24, 2.45) is 0 Å². The van der Waals surface area contributed by atoms with Crippen LogP contribution in [0.4, 0.5) is 0 Å². The third kappa shape index (κ3) is 3.72. The minimum atomic E-state index is -0.358. The first-order valence-corrected chi connectivity index (χ1v) is 10.1. The van der Waals surface area contributed by atoms with Crippen LogP contribution in [-0.2, 0) is 6.54 Å². The van der Waals surface area contributed by atoms with Gasteiger partial charge in [0.15, 0.2) is 5.69 Å². The summed E-state index contributed by atoms with van der Waals surface area (Å²) in [6.07, 6.45) is 1.72. The molecular weight excluding hydrogens is 404 g/mol. The van der Waals surface area contributed by atoms with Crippen LogP contribution in [0.5, 0.6) is 5.75 Å². The van der Waals surface area contributed by atoms with Crippen molar-refractivity contribution in [2.45, 2.75) is 6.54 Å². The van der Waals surface area contributed by atoms with Gasteiger partial charge in [0, 0.05) is 18.2 Å². The van der Waals surface area contributed by atoms with Gasteiger partial charge in [-0.2, -0.15) is 5.10 Å². The molecule has 0 fully saturated rings. The second kappa shape index (κ2) is 8.03. The van der Waals surface area contributed by atoms with Crippen LogP contribution < -0.4 is 15.6 Å². The zero-order chi connectivity index (χ0) is 22.1. The van der Waals surface area contributed by atoms with Gasteiger partial charge in [-0.05, 0) is 34.5 Å². The van der Waals surface area contributed by atoms with Gasteiger partial charge in [0.25, 0.3) is 11.5 Å². The number of benzene rings is 3. The quantitative estimate of drug-likeness (QED) is 0.449. The van der Waals surface area contributed by atoms with Crippen LogP contribution in [0, 0.1) is 0 Å². The first-order valence-electron chi connectivity index (χ1n) is 10.1. The van der Waals surface area contributed by atoms with Crippen LogP contribution in [0.3, 0.4) is 0 Å². The van der Waals surface area contributed by atoms with Crippen molar-refractivity contribution in [1.82, 2.24) is 19.9 Å². The molecule has 0 bridgehead atoms. The van der Waals surface area contributed by atoms with Crippen LogP contribution in [0.1, 0.15) is 16.1 Å². The molecule has 0 aliphatic heterocycles. The van der Waals surface area contributed by atoms with Gasteiger partial charge < -0.3 is 15.0 Å². The van der Waals surface area contributed by atoms with Crippen molar-refractivity contribution < 1.29 is 9.53 Å². The molecule has 0 radical (unpaired) electrons. The molecule has 5 rings (SSSR count). The molecule has 0 spiro atoms. The van der Waals surface area contributed by atoms with Crippen LogP contribution in [0.2, 0.25) is 0 Å². The van der Waals surface area contributed by atoms with E-state index < -0.39 is 0 Å². The predicted octanol–water partition coefficient (Wildman–Crippen LogP) is 3.78. The molecule has 2 aromatic heterocycles. The Balaban J connectivity index is 1.42. The number of ether oxygens (including phenoxy) is 1. The van der Waals surface area contributed by atoms with Crippen LogP contribution in [0.15, 0.2) is 83.8 Å². The number of fused-ring (bicyclic) bond motifs is 2. The summed E-state index contributed by atoms with van der Waals surface area (Å²) < 4.78 is 6.65. The molecule has 2 N–H and O–H groups in total. The highest BCUT2D eigenvalue weighted by Gasteiger charge is 2.14. The number of nitrogens with zero attached hydrogens (tertiary/aromatic N) is 2. The summed E-state index contributed by atoms with van der Waals surface area (Å²) in [4.78, 5) is 28.2. The largest absolute Gasteiger partial charge is 0.497 e. The Morgan fingerprint density at radius 1 is 1.03 bits per heavy atom. The second-order valence-electron chi connectivity index (χ2n) is 7.45. The molecule has 2 heterocycles. The van der Waals surface area contributed by atoms with E-state index in [2.05, 4.69) is 15.4 Å². The number of rotatable bonds is 5. The fourth-order valence-electron chi connectivity index (χ4n) is 3.67. The summed E-state index contributed by atoms with van der Waals surface area (Å²) in [6, 6.07) is 22.9. The highest BCUT2D eigenvalue weighted by atomic mass is 16.5. The molecule has 7 heteroatoms. The zero-order valence-electron chi connectivity index (χ0n) is 17.3. The van der Waals surface area contributed by atoms with E-state index in [1.165, 1.54) is 10.6 Å². The number of amides is 1. The molecule has 158 valence electrons. The van der Waals surface area contributed by atoms with Crippen molar-refractivity contribution >= 4 is 22.2 Å². The van der Waals surface area contributed by atoms with Crippen LogP contribution >= 0.6 is 0 Å². The standard InChI is InChI=1S/C25H20N4O3/c1-32-20-8-4-5-16(11-20)14-26-24(30)21-13-23-25(31)27-22(15-29(23)28-21)19-10-9-17-6-2-3-7-18(17)12-19/h2-13,15H,14H2,1H3,(H,26,30)(H,27,31). The second-order valence-corrected chi connectivity index (χ2v) is 7.45. The third-order valence-corrected chi connectivity index (χ3v) is 5.35. The van der Waals surface area contributed by atoms with E-state index in [0.717, 1.165) is 27.6 Å². The molecule has 0 aliphatic rings. The minimum absolute atomic E-state index is 0.175. The number of methoxy groups -OCH3 is 1. The maximum atomic E-state index is 12.7. The lowest BCUT2D eigenvalue weighted by molar-refractivity contribution is 0.0945. The smallest absolute Gasteiger partial charge is 0.274 e. The summed E-state index contributed by atoms with van der Waals surface area (Å²) in [7, 11) is 1.60. The Bertz CT molecular complexity index is 1520. The van der Waals surface area contributed by atoms with Crippen molar-refractivity contribution in [3.8, 4) is 17.0 Å². The Morgan fingerprint density at radius 3 is 2.72 bits per heavy atom. The topological polar surface area (TPSA) is 88.5 Å². The summed E-state index contributed by atoms with van der Waals surface area (Å²) >= 11 is 0. The summed E-state index contributed by atoms with van der Waals surface area (Å²) in [6.45, 7) is 0.322. The summed E-state index contributed by atoms with van der Waals surface area (Å²) in [5.74, 6) is 0.361. The van der Waals surface area contributed by atoms with E-state index in [1.54, 1.807) is 13.3 Å². The molecule has 0 unspecified atom stereocenters. The van der Waals surface area contributed by atoms with Crippen molar-refractivity contribution in [1.29, 1.82) is 0 Å². The number of hydrogen-bond acceptors (Lipinski definition) is 4. The maximum absolute atomic E-state index is 12.7. The Morgan fingerprint density at radius 2 is 1.88 bits per heavy atom. The Kier molecular flexibility index (Phi) is 4.91. The minimum Gasteiger partial charge on any atom is -0.497 e. The van der Waals surface area contributed by atoms with Crippen LogP contribution in [-0.4, -0.2) is 27.6 Å². The average molecular weight is 424 g/mol. The third-order valence-electron chi connectivity index (χ3n) is 5.35. The van der Waals surface area contributed by atoms with Gasteiger partial charge in [-0.1, -0.05) is 48.5 Å². The fraction of sp³-hybridized carbons (Fsp3) is 0.0800. The Hall–Kier alpha value is -4.39. The molecule has 0 atom stereocenters. The molecule has 0 saturated carbocycles. The Labute approximate surface area is 183 Å². The number of aromatic nitrogens is 3. The van der Waals surface area contributed by atoms with Crippen LogP contribution in [0.25, 0.3) is 27.5 Å². The number of H-pyrrole nitrogens is 1. The SMILES string of the molecule is COc1cccc(CNC(=O)c2cc3c(=O)[nH]c(-c4ccc5ccccc5c4)cn3n2)c1. The molecule has 32 heavy (non-hydrogen) atoms. The van der Waals surface area contributed by atoms with E-state index in [1.807, 2.05) is 66.7 Å². The van der Waals surface area contributed by atoms with Gasteiger partial charge in [0.2, 0.25) is 0 Å². The number of nitrogens with one attached hydrogen (secondary N) is 2. The van der Waals surface area contributed by atoms with Gasteiger partial charge in [0.05, 0.1) is 19.0 Å². The first-order chi connectivity index (χ1) is 15.6. The van der Waals surface area contributed by atoms with Crippen molar-refractivity contribution in [3.63, 3.8) is 0 Å². The van der Waals surface area contributed by atoms with E-state index >= 15 is 0 Å². The molecular formula is C25H20N4O3. The lowest BCUT2D eigenvalue weighted by Gasteiger charge is -2.05. The van der Waals surface area contributed by atoms with E-state index in [0.29, 0.717) is 17.8 Å². The van der Waals surface area contributed by atoms with Gasteiger partial charge in [-0.3, -0.25) is 9.59 Å².